The third-order valence-electron chi connectivity index (χ3n) is 3.71. The standard InChI is InChI=1S/C13H15NO.C11H13NO.C2H6/c1-4-5-13(15)14-12-8-6-11(7-9-12)10(2)3;1-3-4-11(13)12-10-7-5-9(2)6-8-10;1-2/h6-10H,1-3H3,(H,14,15);3-8H,1-2H3,(H,12,13);1-2H3/b;4-3+;. The molecule has 0 saturated carbocycles. The monoisotopic (exact) mass is 406 g/mol. The molecule has 0 aliphatic carbocycles. The summed E-state index contributed by atoms with van der Waals surface area (Å²) in [7, 11) is 0. The summed E-state index contributed by atoms with van der Waals surface area (Å²) < 4.78 is 0. The molecule has 2 amide bonds. The Morgan fingerprint density at radius 2 is 1.40 bits per heavy atom. The normalized spacial score (nSPS) is 9.33. The Kier molecular flexibility index (Phi) is 13.9. The van der Waals surface area contributed by atoms with Gasteiger partial charge in [0.05, 0.1) is 0 Å². The van der Waals surface area contributed by atoms with E-state index >= 15 is 0 Å². The summed E-state index contributed by atoms with van der Waals surface area (Å²) in [5, 5.41) is 5.44. The molecule has 30 heavy (non-hydrogen) atoms. The van der Waals surface area contributed by atoms with Gasteiger partial charge in [-0.15, -0.1) is 0 Å². The van der Waals surface area contributed by atoms with Gasteiger partial charge in [-0.2, -0.15) is 0 Å². The number of benzene rings is 2. The third kappa shape index (κ3) is 11.5. The summed E-state index contributed by atoms with van der Waals surface area (Å²) in [5.41, 5.74) is 4.06. The smallest absolute Gasteiger partial charge is 0.300 e. The van der Waals surface area contributed by atoms with Crippen LogP contribution in [0.3, 0.4) is 0 Å². The number of anilines is 2. The van der Waals surface area contributed by atoms with Crippen LogP contribution in [-0.2, 0) is 9.59 Å². The summed E-state index contributed by atoms with van der Waals surface area (Å²) in [5.74, 6) is 5.13. The van der Waals surface area contributed by atoms with Crippen LogP contribution in [0.4, 0.5) is 11.4 Å². The van der Waals surface area contributed by atoms with Crippen molar-refractivity contribution in [3.63, 3.8) is 0 Å². The van der Waals surface area contributed by atoms with E-state index in [9.17, 15) is 9.59 Å². The maximum absolute atomic E-state index is 11.1. The molecule has 2 aromatic rings. The number of carbonyl (C=O) groups excluding carboxylic acids is 2. The van der Waals surface area contributed by atoms with Gasteiger partial charge in [-0.3, -0.25) is 9.59 Å². The lowest BCUT2D eigenvalue weighted by molar-refractivity contribution is -0.112. The summed E-state index contributed by atoms with van der Waals surface area (Å²) in [6.07, 6.45) is 3.21. The van der Waals surface area contributed by atoms with Crippen molar-refractivity contribution in [1.29, 1.82) is 0 Å². The Bertz CT molecular complexity index is 853. The predicted molar refractivity (Wildman–Crippen MR) is 129 cm³/mol. The minimum Gasteiger partial charge on any atom is -0.323 e. The van der Waals surface area contributed by atoms with Crippen LogP contribution in [0, 0.1) is 18.8 Å². The average Bonchev–Trinajstić information content (AvgIpc) is 2.72. The highest BCUT2D eigenvalue weighted by Crippen LogP contribution is 2.16. The summed E-state index contributed by atoms with van der Waals surface area (Å²) >= 11 is 0. The number of allylic oxidation sites excluding steroid dienone is 1. The molecule has 0 aliphatic heterocycles. The SMILES string of the molecule is C/C=C/C(=O)Nc1ccc(C)cc1.CC.CC#CC(=O)Nc1ccc(C(C)C)cc1. The number of carbonyl (C=O) groups is 2. The zero-order chi connectivity index (χ0) is 22.9. The van der Waals surface area contributed by atoms with Gasteiger partial charge in [-0.1, -0.05) is 69.5 Å². The molecule has 4 nitrogen and oxygen atoms in total. The fourth-order valence-corrected chi connectivity index (χ4v) is 2.20. The molecule has 0 unspecified atom stereocenters. The van der Waals surface area contributed by atoms with Crippen molar-refractivity contribution in [2.75, 3.05) is 10.6 Å². The van der Waals surface area contributed by atoms with Crippen LogP contribution in [0.1, 0.15) is 58.6 Å². The topological polar surface area (TPSA) is 58.2 Å². The van der Waals surface area contributed by atoms with Gasteiger partial charge in [0.15, 0.2) is 0 Å². The molecule has 4 heteroatoms. The van der Waals surface area contributed by atoms with Gasteiger partial charge >= 0.3 is 0 Å². The van der Waals surface area contributed by atoms with Crippen LogP contribution in [0.25, 0.3) is 0 Å². The Labute approximate surface area is 181 Å². The Morgan fingerprint density at radius 1 is 0.900 bits per heavy atom. The molecule has 0 aromatic heterocycles. The first-order valence-corrected chi connectivity index (χ1v) is 10.2. The number of amides is 2. The largest absolute Gasteiger partial charge is 0.323 e. The van der Waals surface area contributed by atoms with Crippen molar-refractivity contribution >= 4 is 23.2 Å². The average molecular weight is 407 g/mol. The molecule has 2 rings (SSSR count). The van der Waals surface area contributed by atoms with E-state index in [0.29, 0.717) is 5.92 Å². The van der Waals surface area contributed by atoms with Gasteiger partial charge in [0.25, 0.3) is 5.91 Å². The van der Waals surface area contributed by atoms with Crippen LogP contribution in [0.5, 0.6) is 0 Å². The summed E-state index contributed by atoms with van der Waals surface area (Å²) in [4.78, 5) is 22.2. The molecule has 0 radical (unpaired) electrons. The quantitative estimate of drug-likeness (QED) is 0.462. The van der Waals surface area contributed by atoms with Gasteiger partial charge < -0.3 is 10.6 Å². The van der Waals surface area contributed by atoms with E-state index in [2.05, 4.69) is 36.3 Å². The first-order chi connectivity index (χ1) is 14.3. The lowest BCUT2D eigenvalue weighted by atomic mass is 10.0. The number of hydrogen-bond acceptors (Lipinski definition) is 2. The number of hydrogen-bond donors (Lipinski definition) is 2. The van der Waals surface area contributed by atoms with E-state index in [4.69, 9.17) is 0 Å². The lowest BCUT2D eigenvalue weighted by Crippen LogP contribution is -2.08. The predicted octanol–water partition coefficient (Wildman–Crippen LogP) is 6.31. The van der Waals surface area contributed by atoms with E-state index in [1.165, 1.54) is 17.2 Å². The van der Waals surface area contributed by atoms with E-state index in [1.807, 2.05) is 76.2 Å². The van der Waals surface area contributed by atoms with Gasteiger partial charge in [0, 0.05) is 11.4 Å². The molecule has 0 aliphatic rings. The molecule has 0 heterocycles. The summed E-state index contributed by atoms with van der Waals surface area (Å²) in [6.45, 7) is 13.7. The highest BCUT2D eigenvalue weighted by molar-refractivity contribution is 6.03. The Hall–Kier alpha value is -3.32. The van der Waals surface area contributed by atoms with Crippen LogP contribution in [0.15, 0.2) is 60.7 Å². The molecule has 0 bridgehead atoms. The second-order valence-corrected chi connectivity index (χ2v) is 6.46. The Morgan fingerprint density at radius 3 is 1.87 bits per heavy atom. The molecule has 0 saturated heterocycles. The molecule has 0 spiro atoms. The number of rotatable bonds is 4. The summed E-state index contributed by atoms with van der Waals surface area (Å²) in [6, 6.07) is 15.5. The zero-order valence-corrected chi connectivity index (χ0v) is 19.2. The van der Waals surface area contributed by atoms with Gasteiger partial charge in [0.1, 0.15) is 0 Å². The Balaban J connectivity index is 0.000000522. The van der Waals surface area contributed by atoms with E-state index in [1.54, 1.807) is 13.0 Å². The fraction of sp³-hybridized carbons (Fsp3) is 0.308. The van der Waals surface area contributed by atoms with Crippen LogP contribution >= 0.6 is 0 Å². The lowest BCUT2D eigenvalue weighted by Gasteiger charge is -2.06. The van der Waals surface area contributed by atoms with Crippen molar-refractivity contribution in [2.24, 2.45) is 0 Å². The van der Waals surface area contributed by atoms with Crippen molar-refractivity contribution in [2.45, 2.75) is 54.4 Å². The van der Waals surface area contributed by atoms with E-state index < -0.39 is 0 Å². The minimum absolute atomic E-state index is 0.0913. The van der Waals surface area contributed by atoms with Crippen molar-refractivity contribution < 1.29 is 9.59 Å². The highest BCUT2D eigenvalue weighted by Gasteiger charge is 2.00. The fourth-order valence-electron chi connectivity index (χ4n) is 2.20. The van der Waals surface area contributed by atoms with Crippen molar-refractivity contribution in [3.8, 4) is 11.8 Å². The minimum atomic E-state index is -0.269. The van der Waals surface area contributed by atoms with E-state index in [-0.39, 0.29) is 11.8 Å². The first-order valence-electron chi connectivity index (χ1n) is 10.2. The maximum atomic E-state index is 11.1. The van der Waals surface area contributed by atoms with Crippen LogP contribution in [0.2, 0.25) is 0 Å². The molecule has 0 fully saturated rings. The molecular weight excluding hydrogens is 372 g/mol. The van der Waals surface area contributed by atoms with Crippen LogP contribution in [-0.4, -0.2) is 11.8 Å². The van der Waals surface area contributed by atoms with Gasteiger partial charge in [-0.05, 0) is 68.5 Å². The van der Waals surface area contributed by atoms with Crippen molar-refractivity contribution in [1.82, 2.24) is 0 Å². The highest BCUT2D eigenvalue weighted by atomic mass is 16.2. The van der Waals surface area contributed by atoms with E-state index in [0.717, 1.165) is 11.4 Å². The molecule has 2 aromatic carbocycles. The number of aryl methyl sites for hydroxylation is 1. The second kappa shape index (κ2) is 15.6. The van der Waals surface area contributed by atoms with Crippen molar-refractivity contribution in [3.05, 3.63) is 71.8 Å². The van der Waals surface area contributed by atoms with Gasteiger partial charge in [0.2, 0.25) is 5.91 Å². The maximum Gasteiger partial charge on any atom is 0.300 e. The molecule has 160 valence electrons. The molecular formula is C26H34N2O2. The third-order valence-corrected chi connectivity index (χ3v) is 3.71. The zero-order valence-electron chi connectivity index (χ0n) is 19.2. The van der Waals surface area contributed by atoms with Crippen LogP contribution < -0.4 is 10.6 Å². The first kappa shape index (κ1) is 26.7. The van der Waals surface area contributed by atoms with Gasteiger partial charge in [-0.25, -0.2) is 0 Å². The number of nitrogens with one attached hydrogen (secondary N) is 2. The molecule has 2 N–H and O–H groups in total. The second-order valence-electron chi connectivity index (χ2n) is 6.46. The molecule has 0 atom stereocenters.